The van der Waals surface area contributed by atoms with Gasteiger partial charge < -0.3 is 15.5 Å². The molecule has 0 radical (unpaired) electrons. The van der Waals surface area contributed by atoms with E-state index in [1.807, 2.05) is 6.07 Å². The summed E-state index contributed by atoms with van der Waals surface area (Å²) in [6, 6.07) is 3.19. The van der Waals surface area contributed by atoms with Gasteiger partial charge in [-0.25, -0.2) is 0 Å². The van der Waals surface area contributed by atoms with Gasteiger partial charge in [-0.1, -0.05) is 0 Å². The molecule has 0 fully saturated rings. The van der Waals surface area contributed by atoms with Gasteiger partial charge in [0.15, 0.2) is 0 Å². The van der Waals surface area contributed by atoms with Gasteiger partial charge in [0.25, 0.3) is 5.56 Å². The van der Waals surface area contributed by atoms with Crippen LogP contribution in [0.4, 0.5) is 0 Å². The smallest absolute Gasteiger partial charge is 0.253 e. The van der Waals surface area contributed by atoms with E-state index in [1.54, 1.807) is 6.92 Å². The third kappa shape index (κ3) is 3.06. The predicted octanol–water partition coefficient (Wildman–Crippen LogP) is -0.684. The van der Waals surface area contributed by atoms with Crippen LogP contribution in [0.1, 0.15) is 11.1 Å². The molecule has 0 saturated carbocycles. The van der Waals surface area contributed by atoms with Crippen LogP contribution in [-0.2, 0) is 6.54 Å². The van der Waals surface area contributed by atoms with E-state index in [0.29, 0.717) is 18.7 Å². The first-order valence-electron chi connectivity index (χ1n) is 5.27. The Morgan fingerprint density at radius 1 is 1.53 bits per heavy atom. The van der Waals surface area contributed by atoms with Crippen LogP contribution >= 0.6 is 0 Å². The Morgan fingerprint density at radius 3 is 2.82 bits per heavy atom. The lowest BCUT2D eigenvalue weighted by atomic mass is 10.1. The van der Waals surface area contributed by atoms with Crippen LogP contribution in [-0.4, -0.2) is 34.5 Å². The minimum Gasteiger partial charge on any atom is -0.493 e. The Kier molecular flexibility index (Phi) is 4.69. The second-order valence-electron chi connectivity index (χ2n) is 3.60. The third-order valence-electron chi connectivity index (χ3n) is 2.39. The molecule has 0 bridgehead atoms. The van der Waals surface area contributed by atoms with Crippen molar-refractivity contribution in [2.24, 2.45) is 0 Å². The lowest BCUT2D eigenvalue weighted by Crippen LogP contribution is -2.28. The number of nitrogens with one attached hydrogen (secondary N) is 1. The van der Waals surface area contributed by atoms with Crippen LogP contribution in [0.3, 0.4) is 0 Å². The Bertz CT molecular complexity index is 488. The van der Waals surface area contributed by atoms with Gasteiger partial charge in [-0.15, -0.1) is 0 Å². The monoisotopic (exact) mass is 237 g/mol. The number of hydrogen-bond acceptors (Lipinski definition) is 5. The molecular formula is C11H15N3O3. The van der Waals surface area contributed by atoms with Gasteiger partial charge in [0, 0.05) is 25.7 Å². The summed E-state index contributed by atoms with van der Waals surface area (Å²) >= 11 is 0. The zero-order valence-electron chi connectivity index (χ0n) is 9.60. The minimum absolute atomic E-state index is 0.0121. The highest BCUT2D eigenvalue weighted by atomic mass is 16.3. The number of rotatable bonds is 5. The average molecular weight is 237 g/mol. The molecule has 1 aromatic rings. The molecule has 0 unspecified atom stereocenters. The van der Waals surface area contributed by atoms with Crippen LogP contribution < -0.4 is 10.9 Å². The van der Waals surface area contributed by atoms with Crippen molar-refractivity contribution < 1.29 is 10.2 Å². The van der Waals surface area contributed by atoms with Crippen LogP contribution in [0.25, 0.3) is 0 Å². The molecule has 0 saturated heterocycles. The number of aromatic nitrogens is 1. The summed E-state index contributed by atoms with van der Waals surface area (Å²) in [4.78, 5) is 11.6. The number of pyridine rings is 1. The van der Waals surface area contributed by atoms with Crippen molar-refractivity contribution in [2.75, 3.05) is 19.7 Å². The highest BCUT2D eigenvalue weighted by molar-refractivity contribution is 5.43. The van der Waals surface area contributed by atoms with E-state index in [1.165, 1.54) is 6.07 Å². The molecule has 6 nitrogen and oxygen atoms in total. The van der Waals surface area contributed by atoms with E-state index in [9.17, 15) is 9.90 Å². The molecule has 0 aromatic carbocycles. The molecule has 0 aliphatic heterocycles. The number of aliphatic hydroxyl groups is 1. The number of aryl methyl sites for hydroxylation is 1. The maximum atomic E-state index is 11.6. The van der Waals surface area contributed by atoms with Crippen LogP contribution in [0, 0.1) is 18.3 Å². The number of nitrogens with zero attached hydrogens (tertiary/aromatic N) is 2. The summed E-state index contributed by atoms with van der Waals surface area (Å²) < 4.78 is 1.13. The largest absolute Gasteiger partial charge is 0.493 e. The SMILES string of the molecule is Cc1cc(=O)n(CCNCCO)c(O)c1C#N. The second-order valence-corrected chi connectivity index (χ2v) is 3.60. The van der Waals surface area contributed by atoms with Crippen molar-refractivity contribution >= 4 is 0 Å². The minimum atomic E-state index is -0.343. The number of hydrogen-bond donors (Lipinski definition) is 3. The molecule has 1 rings (SSSR count). The van der Waals surface area contributed by atoms with Gasteiger partial charge in [-0.2, -0.15) is 5.26 Å². The van der Waals surface area contributed by atoms with E-state index >= 15 is 0 Å². The van der Waals surface area contributed by atoms with Gasteiger partial charge in [-0.05, 0) is 12.5 Å². The fraction of sp³-hybridized carbons (Fsp3) is 0.455. The molecule has 1 heterocycles. The lowest BCUT2D eigenvalue weighted by Gasteiger charge is -2.11. The zero-order valence-corrected chi connectivity index (χ0v) is 9.60. The van der Waals surface area contributed by atoms with Crippen molar-refractivity contribution in [3.63, 3.8) is 0 Å². The van der Waals surface area contributed by atoms with Gasteiger partial charge in [0.05, 0.1) is 6.61 Å². The fourth-order valence-corrected chi connectivity index (χ4v) is 1.50. The molecule has 6 heteroatoms. The van der Waals surface area contributed by atoms with E-state index < -0.39 is 0 Å². The Labute approximate surface area is 98.7 Å². The highest BCUT2D eigenvalue weighted by Gasteiger charge is 2.11. The summed E-state index contributed by atoms with van der Waals surface area (Å²) in [6.45, 7) is 2.72. The summed E-state index contributed by atoms with van der Waals surface area (Å²) in [5.74, 6) is -0.303. The molecular weight excluding hydrogens is 222 g/mol. The third-order valence-corrected chi connectivity index (χ3v) is 2.39. The van der Waals surface area contributed by atoms with Crippen molar-refractivity contribution in [3.05, 3.63) is 27.5 Å². The van der Waals surface area contributed by atoms with Gasteiger partial charge in [-0.3, -0.25) is 9.36 Å². The second kappa shape index (κ2) is 6.03. The van der Waals surface area contributed by atoms with Gasteiger partial charge >= 0.3 is 0 Å². The van der Waals surface area contributed by atoms with Crippen LogP contribution in [0.5, 0.6) is 5.88 Å². The van der Waals surface area contributed by atoms with E-state index in [2.05, 4.69) is 5.32 Å². The first kappa shape index (κ1) is 13.2. The summed E-state index contributed by atoms with van der Waals surface area (Å²) in [6.07, 6.45) is 0. The molecule has 0 spiro atoms. The molecule has 92 valence electrons. The zero-order chi connectivity index (χ0) is 12.8. The average Bonchev–Trinajstić information content (AvgIpc) is 2.28. The van der Waals surface area contributed by atoms with Crippen LogP contribution in [0.2, 0.25) is 0 Å². The molecule has 17 heavy (non-hydrogen) atoms. The fourth-order valence-electron chi connectivity index (χ4n) is 1.50. The topological polar surface area (TPSA) is 98.3 Å². The summed E-state index contributed by atoms with van der Waals surface area (Å²) in [5.41, 5.74) is 0.242. The van der Waals surface area contributed by atoms with Gasteiger partial charge in [0.2, 0.25) is 5.88 Å². The maximum Gasteiger partial charge on any atom is 0.253 e. The quantitative estimate of drug-likeness (QED) is 0.589. The Balaban J connectivity index is 2.93. The predicted molar refractivity (Wildman–Crippen MR) is 61.8 cm³/mol. The molecule has 0 aliphatic carbocycles. The van der Waals surface area contributed by atoms with Crippen LogP contribution in [0.15, 0.2) is 10.9 Å². The first-order valence-corrected chi connectivity index (χ1v) is 5.27. The van der Waals surface area contributed by atoms with Crippen molar-refractivity contribution in [1.82, 2.24) is 9.88 Å². The van der Waals surface area contributed by atoms with E-state index in [0.717, 1.165) is 4.57 Å². The molecule has 0 amide bonds. The van der Waals surface area contributed by atoms with E-state index in [4.69, 9.17) is 10.4 Å². The highest BCUT2D eigenvalue weighted by Crippen LogP contribution is 2.16. The van der Waals surface area contributed by atoms with Gasteiger partial charge in [0.1, 0.15) is 11.6 Å². The molecule has 1 aromatic heterocycles. The normalized spacial score (nSPS) is 10.2. The summed E-state index contributed by atoms with van der Waals surface area (Å²) in [5, 5.41) is 30.1. The van der Waals surface area contributed by atoms with Crippen molar-refractivity contribution in [1.29, 1.82) is 5.26 Å². The van der Waals surface area contributed by atoms with Crippen molar-refractivity contribution in [3.8, 4) is 11.9 Å². The van der Waals surface area contributed by atoms with Crippen molar-refractivity contribution in [2.45, 2.75) is 13.5 Å². The Morgan fingerprint density at radius 2 is 2.24 bits per heavy atom. The number of aromatic hydroxyl groups is 1. The summed E-state index contributed by atoms with van der Waals surface area (Å²) in [7, 11) is 0. The maximum absolute atomic E-state index is 11.6. The molecule has 3 N–H and O–H groups in total. The number of aliphatic hydroxyl groups excluding tert-OH is 1. The Hall–Kier alpha value is -1.84. The standard InChI is InChI=1S/C11H15N3O3/c1-8-6-10(16)14(4-2-13-3-5-15)11(17)9(8)7-12/h6,13,15,17H,2-5H2,1H3. The van der Waals surface area contributed by atoms with E-state index in [-0.39, 0.29) is 30.2 Å². The molecule has 0 aliphatic rings. The number of nitriles is 1. The first-order chi connectivity index (χ1) is 8.11. The lowest BCUT2D eigenvalue weighted by molar-refractivity contribution is 0.290. The molecule has 0 atom stereocenters.